The van der Waals surface area contributed by atoms with Gasteiger partial charge < -0.3 is 4.42 Å². The molecule has 0 spiro atoms. The van der Waals surface area contributed by atoms with Crippen molar-refractivity contribution in [1.82, 2.24) is 4.98 Å². The Morgan fingerprint density at radius 2 is 1.20 bits per heavy atom. The fraction of sp³-hybridized carbons (Fsp3) is 0. The monoisotopic (exact) mass is 598 g/mol. The Kier molecular flexibility index (Phi) is 5.03. The molecule has 0 atom stereocenters. The highest BCUT2D eigenvalue weighted by Gasteiger charge is 2.21. The van der Waals surface area contributed by atoms with Crippen molar-refractivity contribution in [3.05, 3.63) is 133 Å². The summed E-state index contributed by atoms with van der Waals surface area (Å²) in [5.74, 6) is 0. The van der Waals surface area contributed by atoms with E-state index in [4.69, 9.17) is 9.40 Å². The molecule has 206 valence electrons. The van der Waals surface area contributed by atoms with Gasteiger partial charge in [-0.1, -0.05) is 90.2 Å². The first-order chi connectivity index (χ1) is 21.8. The van der Waals surface area contributed by atoms with E-state index in [2.05, 4.69) is 126 Å². The number of fused-ring (bicyclic) bond motifs is 11. The zero-order valence-electron chi connectivity index (χ0n) is 23.3. The van der Waals surface area contributed by atoms with E-state index < -0.39 is 0 Å². The van der Waals surface area contributed by atoms with E-state index in [-0.39, 0.29) is 0 Å². The lowest BCUT2D eigenvalue weighted by Gasteiger charge is -2.22. The maximum absolute atomic E-state index is 6.35. The Bertz CT molecular complexity index is 2750. The molecule has 0 radical (unpaired) electrons. The topological polar surface area (TPSA) is 29.3 Å². The van der Waals surface area contributed by atoms with Crippen LogP contribution < -0.4 is 4.90 Å². The Morgan fingerprint density at radius 1 is 0.500 bits per heavy atom. The first-order valence-corrected chi connectivity index (χ1v) is 16.3. The lowest BCUT2D eigenvalue weighted by molar-refractivity contribution is 0.669. The third kappa shape index (κ3) is 3.51. The van der Waals surface area contributed by atoms with Gasteiger partial charge in [-0.2, -0.15) is 0 Å². The summed E-state index contributed by atoms with van der Waals surface area (Å²) >= 11 is 3.59. The van der Waals surface area contributed by atoms with Crippen molar-refractivity contribution in [2.24, 2.45) is 0 Å². The summed E-state index contributed by atoms with van der Waals surface area (Å²) in [6, 6.07) is 47.6. The highest BCUT2D eigenvalue weighted by Crippen LogP contribution is 2.46. The Hall–Kier alpha value is -5.23. The van der Waals surface area contributed by atoms with E-state index >= 15 is 0 Å². The van der Waals surface area contributed by atoms with Gasteiger partial charge in [-0.15, -0.1) is 11.3 Å². The average Bonchev–Trinajstić information content (AvgIpc) is 3.77. The molecule has 44 heavy (non-hydrogen) atoms. The third-order valence-electron chi connectivity index (χ3n) is 8.68. The van der Waals surface area contributed by atoms with E-state index in [1.807, 2.05) is 23.5 Å². The number of rotatable bonds is 3. The predicted octanol–water partition coefficient (Wildman–Crippen LogP) is 12.3. The molecule has 0 N–H and O–H groups in total. The smallest absolute Gasteiger partial charge is 0.195 e. The standard InChI is InChI=1S/C39H22N2OS2/c1-2-8-27-23(7-1)13-14-24-15-19-32-38(37(24)27)44-39(40-32)41(25-17-20-36-31(21-25)30-10-4-6-12-35(30)43-36)26-16-18-29-28-9-3-5-11-33(28)42-34(29)22-26/h1-22H. The molecule has 0 aliphatic carbocycles. The van der Waals surface area contributed by atoms with Crippen LogP contribution in [-0.2, 0) is 0 Å². The number of aromatic nitrogens is 1. The van der Waals surface area contributed by atoms with Crippen molar-refractivity contribution in [3.63, 3.8) is 0 Å². The molecule has 0 saturated carbocycles. The molecule has 0 saturated heterocycles. The molecule has 0 amide bonds. The molecule has 0 bridgehead atoms. The number of anilines is 3. The molecule has 3 heterocycles. The molecule has 5 heteroatoms. The highest BCUT2D eigenvalue weighted by molar-refractivity contribution is 7.25. The molecule has 0 fully saturated rings. The lowest BCUT2D eigenvalue weighted by Crippen LogP contribution is -2.09. The molecular formula is C39H22N2OS2. The van der Waals surface area contributed by atoms with E-state index in [1.54, 1.807) is 11.3 Å². The fourth-order valence-corrected chi connectivity index (χ4v) is 8.90. The fourth-order valence-electron chi connectivity index (χ4n) is 6.63. The normalized spacial score (nSPS) is 12.1. The number of para-hydroxylation sites is 1. The summed E-state index contributed by atoms with van der Waals surface area (Å²) in [6.07, 6.45) is 0. The lowest BCUT2D eigenvalue weighted by atomic mass is 10.0. The quantitative estimate of drug-likeness (QED) is 0.189. The van der Waals surface area contributed by atoms with Crippen LogP contribution in [0.3, 0.4) is 0 Å². The second-order valence-electron chi connectivity index (χ2n) is 11.2. The minimum Gasteiger partial charge on any atom is -0.456 e. The Morgan fingerprint density at radius 3 is 2.16 bits per heavy atom. The van der Waals surface area contributed by atoms with E-state index in [0.29, 0.717) is 0 Å². The van der Waals surface area contributed by atoms with E-state index in [1.165, 1.54) is 46.4 Å². The van der Waals surface area contributed by atoms with Crippen molar-refractivity contribution in [2.45, 2.75) is 0 Å². The van der Waals surface area contributed by atoms with Gasteiger partial charge in [-0.3, -0.25) is 4.90 Å². The summed E-state index contributed by atoms with van der Waals surface area (Å²) in [5.41, 5.74) is 4.86. The zero-order valence-corrected chi connectivity index (χ0v) is 25.0. The zero-order chi connectivity index (χ0) is 28.8. The number of thiophene rings is 1. The first-order valence-electron chi connectivity index (χ1n) is 14.6. The van der Waals surface area contributed by atoms with Gasteiger partial charge in [0.2, 0.25) is 0 Å². The molecule has 10 rings (SSSR count). The molecule has 10 aromatic rings. The van der Waals surface area contributed by atoms with Crippen molar-refractivity contribution < 1.29 is 4.42 Å². The Labute approximate surface area is 259 Å². The van der Waals surface area contributed by atoms with Gasteiger partial charge in [0.05, 0.1) is 15.9 Å². The van der Waals surface area contributed by atoms with E-state index in [0.717, 1.165) is 44.0 Å². The minimum atomic E-state index is 0.869. The van der Waals surface area contributed by atoms with Gasteiger partial charge in [0.15, 0.2) is 5.13 Å². The number of thiazole rings is 1. The van der Waals surface area contributed by atoms with Crippen LogP contribution in [0.1, 0.15) is 0 Å². The van der Waals surface area contributed by atoms with Crippen LogP contribution in [0.15, 0.2) is 138 Å². The second-order valence-corrected chi connectivity index (χ2v) is 13.2. The predicted molar refractivity (Wildman–Crippen MR) is 189 cm³/mol. The van der Waals surface area contributed by atoms with Crippen LogP contribution in [0, 0.1) is 0 Å². The molecule has 0 aliphatic rings. The highest BCUT2D eigenvalue weighted by atomic mass is 32.1. The molecule has 3 nitrogen and oxygen atoms in total. The number of furan rings is 1. The van der Waals surface area contributed by atoms with Gasteiger partial charge in [0.25, 0.3) is 0 Å². The number of hydrogen-bond acceptors (Lipinski definition) is 5. The molecule has 0 unspecified atom stereocenters. The number of hydrogen-bond donors (Lipinski definition) is 0. The minimum absolute atomic E-state index is 0.869. The molecular weight excluding hydrogens is 577 g/mol. The summed E-state index contributed by atoms with van der Waals surface area (Å²) in [5, 5.41) is 10.7. The van der Waals surface area contributed by atoms with Gasteiger partial charge in [-0.05, 0) is 64.7 Å². The molecule has 3 aromatic heterocycles. The van der Waals surface area contributed by atoms with Crippen LogP contribution in [-0.4, -0.2) is 4.98 Å². The van der Waals surface area contributed by atoms with Gasteiger partial charge >= 0.3 is 0 Å². The second kappa shape index (κ2) is 9.13. The van der Waals surface area contributed by atoms with E-state index in [9.17, 15) is 0 Å². The van der Waals surface area contributed by atoms with Crippen LogP contribution in [0.25, 0.3) is 73.9 Å². The van der Waals surface area contributed by atoms with Crippen LogP contribution in [0.4, 0.5) is 16.5 Å². The summed E-state index contributed by atoms with van der Waals surface area (Å²) in [6.45, 7) is 0. The van der Waals surface area contributed by atoms with Crippen LogP contribution >= 0.6 is 22.7 Å². The van der Waals surface area contributed by atoms with Crippen molar-refractivity contribution in [3.8, 4) is 0 Å². The number of nitrogens with zero attached hydrogens (tertiary/aromatic N) is 2. The summed E-state index contributed by atoms with van der Waals surface area (Å²) < 4.78 is 10.1. The average molecular weight is 599 g/mol. The summed E-state index contributed by atoms with van der Waals surface area (Å²) in [7, 11) is 0. The summed E-state index contributed by atoms with van der Waals surface area (Å²) in [4.78, 5) is 7.58. The third-order valence-corrected chi connectivity index (χ3v) is 10.9. The van der Waals surface area contributed by atoms with Gasteiger partial charge in [0.1, 0.15) is 11.2 Å². The van der Waals surface area contributed by atoms with Crippen molar-refractivity contribution >= 4 is 113 Å². The van der Waals surface area contributed by atoms with Crippen LogP contribution in [0.5, 0.6) is 0 Å². The SMILES string of the molecule is c1ccc2c(c1)ccc1ccc3nc(N(c4ccc5c(c4)oc4ccccc45)c4ccc5sc6ccccc6c5c4)sc3c12. The van der Waals surface area contributed by atoms with Crippen molar-refractivity contribution in [2.75, 3.05) is 4.90 Å². The Balaban J connectivity index is 1.25. The number of benzene rings is 7. The maximum atomic E-state index is 6.35. The molecule has 7 aromatic carbocycles. The first kappa shape index (κ1) is 24.2. The van der Waals surface area contributed by atoms with Crippen molar-refractivity contribution in [1.29, 1.82) is 0 Å². The van der Waals surface area contributed by atoms with Gasteiger partial charge in [-0.25, -0.2) is 4.98 Å². The van der Waals surface area contributed by atoms with Crippen LogP contribution in [0.2, 0.25) is 0 Å². The van der Waals surface area contributed by atoms with Gasteiger partial charge in [0, 0.05) is 48.1 Å². The molecule has 0 aliphatic heterocycles. The maximum Gasteiger partial charge on any atom is 0.195 e. The largest absolute Gasteiger partial charge is 0.456 e.